The van der Waals surface area contributed by atoms with Crippen molar-refractivity contribution in [1.82, 2.24) is 0 Å². The van der Waals surface area contributed by atoms with Gasteiger partial charge in [0.2, 0.25) is 0 Å². The Bertz CT molecular complexity index is 11.6. The summed E-state index contributed by atoms with van der Waals surface area (Å²) in [5.41, 5.74) is 5.01. The Morgan fingerprint density at radius 3 is 1.80 bits per heavy atom. The summed E-state index contributed by atoms with van der Waals surface area (Å²) in [7, 11) is 0. The van der Waals surface area contributed by atoms with E-state index in [4.69, 9.17) is 5.73 Å². The molecule has 34 valence electrons. The van der Waals surface area contributed by atoms with E-state index in [9.17, 15) is 0 Å². The quantitative estimate of drug-likeness (QED) is 0.523. The third-order valence-electron chi connectivity index (χ3n) is 0.129. The number of nitrogens with two attached hydrogens (primary N) is 1. The molecule has 0 aromatic heterocycles. The third kappa shape index (κ3) is 11.7. The minimum atomic E-state index is 0. The van der Waals surface area contributed by atoms with E-state index in [2.05, 4.69) is 16.0 Å². The van der Waals surface area contributed by atoms with Crippen LogP contribution in [0.1, 0.15) is 0 Å². The van der Waals surface area contributed by atoms with Crippen LogP contribution < -0.4 is 5.73 Å². The van der Waals surface area contributed by atoms with E-state index < -0.39 is 0 Å². The minimum absolute atomic E-state index is 0. The topological polar surface area (TPSA) is 26.0 Å². The van der Waals surface area contributed by atoms with Crippen molar-refractivity contribution in [3.63, 3.8) is 0 Å². The number of hydrogen-bond acceptors (Lipinski definition) is 1. The maximum absolute atomic E-state index is 5.01. The molecule has 0 aliphatic heterocycles. The number of halogens is 1. The van der Waals surface area contributed by atoms with E-state index in [-0.39, 0.29) is 12.4 Å². The fourth-order valence-corrected chi connectivity index (χ4v) is 0. The van der Waals surface area contributed by atoms with Crippen LogP contribution in [0.2, 0.25) is 5.32 Å². The molecule has 3 heteroatoms. The van der Waals surface area contributed by atoms with Gasteiger partial charge in [0, 0.05) is 0 Å². The van der Waals surface area contributed by atoms with Crippen molar-refractivity contribution in [3.8, 4) is 0 Å². The van der Waals surface area contributed by atoms with Gasteiger partial charge in [-0.3, -0.25) is 0 Å². The summed E-state index contributed by atoms with van der Waals surface area (Å²) < 4.78 is 0. The normalized spacial score (nSPS) is 6.00. The molecule has 0 aliphatic rings. The van der Waals surface area contributed by atoms with Gasteiger partial charge < -0.3 is 0 Å². The maximum atomic E-state index is 5.01. The van der Waals surface area contributed by atoms with Gasteiger partial charge in [0.05, 0.1) is 0 Å². The molecule has 0 saturated heterocycles. The SMILES string of the molecule is Cl.NCC[SeH]. The average Bonchev–Trinajstić information content (AvgIpc) is 1.37. The molecule has 0 atom stereocenters. The molecule has 0 radical (unpaired) electrons. The molecule has 0 rings (SSSR count). The Balaban J connectivity index is 0. The van der Waals surface area contributed by atoms with E-state index >= 15 is 0 Å². The van der Waals surface area contributed by atoms with Crippen molar-refractivity contribution >= 4 is 28.4 Å². The summed E-state index contributed by atoms with van der Waals surface area (Å²) in [6.45, 7) is 0.792. The van der Waals surface area contributed by atoms with Crippen LogP contribution in [0.5, 0.6) is 0 Å². The molecule has 0 unspecified atom stereocenters. The first-order chi connectivity index (χ1) is 1.91. The van der Waals surface area contributed by atoms with E-state index in [1.807, 2.05) is 0 Å². The molecule has 0 amide bonds. The standard InChI is InChI=1S/C2H7NSe.ClH/c3-1-2-4;/h4H,1-3H2;1H. The van der Waals surface area contributed by atoms with Crippen LogP contribution in [0, 0.1) is 0 Å². The van der Waals surface area contributed by atoms with Crippen molar-refractivity contribution in [2.75, 3.05) is 6.54 Å². The van der Waals surface area contributed by atoms with Crippen LogP contribution in [-0.2, 0) is 0 Å². The zero-order valence-corrected chi connectivity index (χ0v) is 5.54. The number of rotatable bonds is 1. The average molecular weight is 161 g/mol. The molecule has 2 N–H and O–H groups in total. The number of hydrogen-bond donors (Lipinski definition) is 1. The van der Waals surface area contributed by atoms with Gasteiger partial charge in [-0.25, -0.2) is 0 Å². The van der Waals surface area contributed by atoms with Crippen LogP contribution in [0.25, 0.3) is 0 Å². The van der Waals surface area contributed by atoms with Crippen LogP contribution in [0.4, 0.5) is 0 Å². The van der Waals surface area contributed by atoms with E-state index in [0.29, 0.717) is 0 Å². The van der Waals surface area contributed by atoms with Crippen LogP contribution in [0.3, 0.4) is 0 Å². The summed E-state index contributed by atoms with van der Waals surface area (Å²) in [5, 5.41) is 1.03. The van der Waals surface area contributed by atoms with E-state index in [0.717, 1.165) is 11.9 Å². The van der Waals surface area contributed by atoms with Crippen molar-refractivity contribution in [2.24, 2.45) is 5.73 Å². The van der Waals surface area contributed by atoms with Gasteiger partial charge in [0.15, 0.2) is 0 Å². The Hall–Kier alpha value is 0.769. The summed E-state index contributed by atoms with van der Waals surface area (Å²) in [6.07, 6.45) is 0. The molecule has 0 aliphatic carbocycles. The molecule has 0 aromatic rings. The van der Waals surface area contributed by atoms with Crippen LogP contribution >= 0.6 is 12.4 Å². The first-order valence-electron chi connectivity index (χ1n) is 1.22. The van der Waals surface area contributed by atoms with Crippen LogP contribution in [-0.4, -0.2) is 22.6 Å². The van der Waals surface area contributed by atoms with Gasteiger partial charge in [-0.1, -0.05) is 0 Å². The summed E-state index contributed by atoms with van der Waals surface area (Å²) >= 11 is 2.41. The Morgan fingerprint density at radius 1 is 1.60 bits per heavy atom. The van der Waals surface area contributed by atoms with Gasteiger partial charge in [0.1, 0.15) is 0 Å². The summed E-state index contributed by atoms with van der Waals surface area (Å²) in [5.74, 6) is 0. The second-order valence-corrected chi connectivity index (χ2v) is 1.45. The molecule has 0 fully saturated rings. The van der Waals surface area contributed by atoms with Crippen LogP contribution in [0.15, 0.2) is 0 Å². The zero-order valence-electron chi connectivity index (χ0n) is 2.85. The van der Waals surface area contributed by atoms with E-state index in [1.54, 1.807) is 0 Å². The van der Waals surface area contributed by atoms with Crippen molar-refractivity contribution in [3.05, 3.63) is 0 Å². The molecule has 0 bridgehead atoms. The monoisotopic (exact) mass is 161 g/mol. The van der Waals surface area contributed by atoms with Crippen molar-refractivity contribution in [2.45, 2.75) is 5.32 Å². The molecule has 0 spiro atoms. The van der Waals surface area contributed by atoms with E-state index in [1.165, 1.54) is 0 Å². The second kappa shape index (κ2) is 8.84. The van der Waals surface area contributed by atoms with Gasteiger partial charge in [-0.15, -0.1) is 12.4 Å². The first kappa shape index (κ1) is 9.24. The predicted molar refractivity (Wildman–Crippen MR) is 28.3 cm³/mol. The molecule has 5 heavy (non-hydrogen) atoms. The molecule has 1 nitrogen and oxygen atoms in total. The zero-order chi connectivity index (χ0) is 3.41. The molecule has 0 aromatic carbocycles. The summed E-state index contributed by atoms with van der Waals surface area (Å²) in [4.78, 5) is 0. The summed E-state index contributed by atoms with van der Waals surface area (Å²) in [6, 6.07) is 0. The van der Waals surface area contributed by atoms with Gasteiger partial charge in [-0.2, -0.15) is 0 Å². The Kier molecular flexibility index (Phi) is 16.3. The molecule has 0 saturated carbocycles. The Morgan fingerprint density at radius 2 is 1.80 bits per heavy atom. The first-order valence-corrected chi connectivity index (χ1v) is 2.55. The van der Waals surface area contributed by atoms with Gasteiger partial charge in [-0.05, 0) is 0 Å². The molecular weight excluding hydrogens is 152 g/mol. The van der Waals surface area contributed by atoms with Crippen molar-refractivity contribution in [1.29, 1.82) is 0 Å². The van der Waals surface area contributed by atoms with Gasteiger partial charge >= 0.3 is 33.6 Å². The predicted octanol–water partition coefficient (Wildman–Crippen LogP) is -0.314. The third-order valence-corrected chi connectivity index (χ3v) is 0.671. The van der Waals surface area contributed by atoms with Gasteiger partial charge in [0.25, 0.3) is 0 Å². The molecule has 0 heterocycles. The molecular formula is C2H8ClNSe. The second-order valence-electron chi connectivity index (χ2n) is 0.512. The van der Waals surface area contributed by atoms with Crippen molar-refractivity contribution < 1.29 is 0 Å². The fraction of sp³-hybridized carbons (Fsp3) is 1.00. The Labute approximate surface area is 46.5 Å². The fourth-order valence-electron chi connectivity index (χ4n) is 0.